The van der Waals surface area contributed by atoms with Crippen molar-refractivity contribution in [1.29, 1.82) is 0 Å². The number of aromatic hydroxyl groups is 2. The second-order valence-electron chi connectivity index (χ2n) is 7.27. The topological polar surface area (TPSA) is 95.7 Å². The van der Waals surface area contributed by atoms with Gasteiger partial charge in [-0.25, -0.2) is 13.1 Å². The van der Waals surface area contributed by atoms with Gasteiger partial charge in [0, 0.05) is 30.2 Å². The van der Waals surface area contributed by atoms with Gasteiger partial charge >= 0.3 is 0 Å². The highest BCUT2D eigenvalue weighted by Gasteiger charge is 2.27. The van der Waals surface area contributed by atoms with Crippen molar-refractivity contribution in [3.05, 3.63) is 88.5 Å². The van der Waals surface area contributed by atoms with Gasteiger partial charge in [-0.2, -0.15) is 9.40 Å². The maximum Gasteiger partial charge on any atom is 0.246 e. The van der Waals surface area contributed by atoms with Crippen LogP contribution in [0, 0.1) is 0 Å². The average Bonchev–Trinajstić information content (AvgIpc) is 3.24. The van der Waals surface area contributed by atoms with Crippen LogP contribution in [0.3, 0.4) is 0 Å². The maximum atomic E-state index is 13.3. The fourth-order valence-electron chi connectivity index (χ4n) is 3.41. The molecule has 0 amide bonds. The van der Waals surface area contributed by atoms with Crippen molar-refractivity contribution in [2.75, 3.05) is 7.05 Å². The molecule has 0 saturated carbocycles. The number of sulfonamides is 1. The molecule has 0 atom stereocenters. The summed E-state index contributed by atoms with van der Waals surface area (Å²) in [6.45, 7) is -0.00475. The highest BCUT2D eigenvalue weighted by molar-refractivity contribution is 7.89. The van der Waals surface area contributed by atoms with Crippen molar-refractivity contribution < 1.29 is 18.6 Å². The zero-order chi connectivity index (χ0) is 23.8. The molecule has 1 aromatic heterocycles. The van der Waals surface area contributed by atoms with Gasteiger partial charge in [0.15, 0.2) is 0 Å². The van der Waals surface area contributed by atoms with Crippen LogP contribution in [0.15, 0.2) is 77.8 Å². The Bertz CT molecular complexity index is 1440. The van der Waals surface area contributed by atoms with E-state index in [1.807, 2.05) is 0 Å². The number of para-hydroxylation sites is 1. The Morgan fingerprint density at radius 2 is 1.61 bits per heavy atom. The molecule has 4 rings (SSSR count). The van der Waals surface area contributed by atoms with E-state index in [0.29, 0.717) is 27.0 Å². The lowest BCUT2D eigenvalue weighted by Gasteiger charge is -2.20. The van der Waals surface area contributed by atoms with Gasteiger partial charge in [-0.1, -0.05) is 53.5 Å². The van der Waals surface area contributed by atoms with Crippen molar-refractivity contribution in [2.45, 2.75) is 11.4 Å². The standard InChI is InChI=1S/C23H19Cl2N3O4S/c1-27(14-15-6-2-3-7-17(15)24)33(31,32)23-12-16(21(29)13-22(23)30)19-10-11-26-28(19)20-9-5-4-8-18(20)25/h2-13,29-30H,14H2,1H3. The lowest BCUT2D eigenvalue weighted by atomic mass is 10.1. The smallest absolute Gasteiger partial charge is 0.246 e. The number of phenolic OH excluding ortho intramolecular Hbond substituents is 2. The monoisotopic (exact) mass is 503 g/mol. The Balaban J connectivity index is 1.79. The van der Waals surface area contributed by atoms with Crippen LogP contribution in [0.5, 0.6) is 11.5 Å². The third-order valence-electron chi connectivity index (χ3n) is 5.12. The Morgan fingerprint density at radius 3 is 2.30 bits per heavy atom. The van der Waals surface area contributed by atoms with Gasteiger partial charge in [0.25, 0.3) is 0 Å². The molecule has 0 fully saturated rings. The first-order valence-corrected chi connectivity index (χ1v) is 11.9. The van der Waals surface area contributed by atoms with Crippen LogP contribution in [0.2, 0.25) is 10.0 Å². The largest absolute Gasteiger partial charge is 0.507 e. The van der Waals surface area contributed by atoms with Gasteiger partial charge in [0.05, 0.1) is 22.6 Å². The molecule has 0 aliphatic rings. The third kappa shape index (κ3) is 4.43. The molecule has 1 heterocycles. The molecule has 33 heavy (non-hydrogen) atoms. The van der Waals surface area contributed by atoms with Gasteiger partial charge in [-0.15, -0.1) is 0 Å². The minimum Gasteiger partial charge on any atom is -0.507 e. The van der Waals surface area contributed by atoms with Gasteiger partial charge < -0.3 is 10.2 Å². The third-order valence-corrected chi connectivity index (χ3v) is 7.64. The number of hydrogen-bond acceptors (Lipinski definition) is 5. The number of nitrogens with zero attached hydrogens (tertiary/aromatic N) is 3. The fourth-order valence-corrected chi connectivity index (χ4v) is 5.06. The van der Waals surface area contributed by atoms with Crippen molar-refractivity contribution in [3.8, 4) is 28.4 Å². The first kappa shape index (κ1) is 23.1. The quantitative estimate of drug-likeness (QED) is 0.382. The molecule has 7 nitrogen and oxygen atoms in total. The van der Waals surface area contributed by atoms with E-state index in [9.17, 15) is 18.6 Å². The molecule has 0 aliphatic heterocycles. The van der Waals surface area contributed by atoms with E-state index in [4.69, 9.17) is 23.2 Å². The van der Waals surface area contributed by atoms with Gasteiger partial charge in [-0.05, 0) is 35.9 Å². The Labute approximate surface area is 201 Å². The van der Waals surface area contributed by atoms with Crippen molar-refractivity contribution in [1.82, 2.24) is 14.1 Å². The minimum atomic E-state index is -4.14. The van der Waals surface area contributed by atoms with Crippen LogP contribution in [-0.4, -0.2) is 39.8 Å². The average molecular weight is 504 g/mol. The van der Waals surface area contributed by atoms with Gasteiger partial charge in [0.2, 0.25) is 10.0 Å². The molecule has 4 aromatic rings. The summed E-state index contributed by atoms with van der Waals surface area (Å²) in [4.78, 5) is -0.364. The molecule has 0 bridgehead atoms. The van der Waals surface area contributed by atoms with Crippen LogP contribution >= 0.6 is 23.2 Å². The van der Waals surface area contributed by atoms with Crippen LogP contribution in [-0.2, 0) is 16.6 Å². The molecular weight excluding hydrogens is 485 g/mol. The lowest BCUT2D eigenvalue weighted by molar-refractivity contribution is 0.430. The van der Waals surface area contributed by atoms with E-state index in [2.05, 4.69) is 5.10 Å². The molecule has 10 heteroatoms. The van der Waals surface area contributed by atoms with Crippen molar-refractivity contribution in [3.63, 3.8) is 0 Å². The van der Waals surface area contributed by atoms with Crippen molar-refractivity contribution in [2.24, 2.45) is 0 Å². The normalized spacial score (nSPS) is 11.8. The number of hydrogen-bond donors (Lipinski definition) is 2. The molecule has 3 aromatic carbocycles. The van der Waals surface area contributed by atoms with Crippen LogP contribution < -0.4 is 0 Å². The Morgan fingerprint density at radius 1 is 0.939 bits per heavy atom. The zero-order valence-corrected chi connectivity index (χ0v) is 19.7. The molecule has 0 aliphatic carbocycles. The molecule has 0 spiro atoms. The van der Waals surface area contributed by atoms with E-state index in [-0.39, 0.29) is 22.8 Å². The number of rotatable bonds is 6. The van der Waals surface area contributed by atoms with E-state index in [1.54, 1.807) is 54.6 Å². The van der Waals surface area contributed by atoms with Crippen LogP contribution in [0.4, 0.5) is 0 Å². The molecule has 0 radical (unpaired) electrons. The van der Waals surface area contributed by atoms with E-state index in [0.717, 1.165) is 10.4 Å². The maximum absolute atomic E-state index is 13.3. The molecule has 0 unspecified atom stereocenters. The van der Waals surface area contributed by atoms with E-state index < -0.39 is 15.8 Å². The summed E-state index contributed by atoms with van der Waals surface area (Å²) in [5, 5.41) is 26.1. The SMILES string of the molecule is CN(Cc1ccccc1Cl)S(=O)(=O)c1cc(-c2ccnn2-c2ccccc2Cl)c(O)cc1O. The molecule has 0 saturated heterocycles. The van der Waals surface area contributed by atoms with Crippen LogP contribution in [0.25, 0.3) is 16.9 Å². The summed E-state index contributed by atoms with van der Waals surface area (Å²) in [5.74, 6) is -0.889. The number of phenols is 2. The summed E-state index contributed by atoms with van der Waals surface area (Å²) >= 11 is 12.5. The first-order chi connectivity index (χ1) is 15.7. The predicted molar refractivity (Wildman–Crippen MR) is 127 cm³/mol. The highest BCUT2D eigenvalue weighted by Crippen LogP contribution is 2.39. The highest BCUT2D eigenvalue weighted by atomic mass is 35.5. The van der Waals surface area contributed by atoms with Crippen molar-refractivity contribution >= 4 is 33.2 Å². The molecular formula is C23H19Cl2N3O4S. The van der Waals surface area contributed by atoms with Gasteiger partial charge in [-0.3, -0.25) is 0 Å². The summed E-state index contributed by atoms with van der Waals surface area (Å²) in [5.41, 5.74) is 1.72. The summed E-state index contributed by atoms with van der Waals surface area (Å²) < 4.78 is 29.2. The first-order valence-electron chi connectivity index (χ1n) is 9.75. The van der Waals surface area contributed by atoms with Crippen LogP contribution in [0.1, 0.15) is 5.56 Å². The number of halogens is 2. The van der Waals surface area contributed by atoms with E-state index >= 15 is 0 Å². The van der Waals surface area contributed by atoms with E-state index in [1.165, 1.54) is 24.0 Å². The Hall–Kier alpha value is -3.04. The number of aromatic nitrogens is 2. The zero-order valence-electron chi connectivity index (χ0n) is 17.4. The summed E-state index contributed by atoms with van der Waals surface area (Å²) in [6.07, 6.45) is 1.50. The predicted octanol–water partition coefficient (Wildman–Crippen LogP) is 5.08. The van der Waals surface area contributed by atoms with Gasteiger partial charge in [0.1, 0.15) is 16.4 Å². The number of benzene rings is 3. The summed E-state index contributed by atoms with van der Waals surface area (Å²) in [6, 6.07) is 17.7. The second kappa shape index (κ2) is 9.07. The second-order valence-corrected chi connectivity index (χ2v) is 10.1. The molecule has 2 N–H and O–H groups in total. The minimum absolute atomic E-state index is 0.00475. The summed E-state index contributed by atoms with van der Waals surface area (Å²) in [7, 11) is -2.76. The lowest BCUT2D eigenvalue weighted by Crippen LogP contribution is -2.26. The Kier molecular flexibility index (Phi) is 6.36. The molecule has 170 valence electrons. The fraction of sp³-hybridized carbons (Fsp3) is 0.0870.